The minimum absolute atomic E-state index is 0.0431. The lowest BCUT2D eigenvalue weighted by Crippen LogP contribution is -2.24. The van der Waals surface area contributed by atoms with E-state index >= 15 is 0 Å². The van der Waals surface area contributed by atoms with Crippen molar-refractivity contribution in [2.75, 3.05) is 18.5 Å². The highest BCUT2D eigenvalue weighted by molar-refractivity contribution is 5.94. The van der Waals surface area contributed by atoms with Gasteiger partial charge in [-0.3, -0.25) is 4.79 Å². The third kappa shape index (κ3) is 6.39. The Kier molecular flexibility index (Phi) is 5.89. The van der Waals surface area contributed by atoms with Gasteiger partial charge in [0.25, 0.3) is 0 Å². The molecule has 1 N–H and O–H groups in total. The van der Waals surface area contributed by atoms with Gasteiger partial charge in [-0.1, -0.05) is 12.1 Å². The number of para-hydroxylation sites is 1. The minimum atomic E-state index is -4.55. The number of amides is 1. The zero-order valence-corrected chi connectivity index (χ0v) is 10.8. The van der Waals surface area contributed by atoms with Crippen molar-refractivity contribution in [2.24, 2.45) is 0 Å². The predicted molar refractivity (Wildman–Crippen MR) is 63.3 cm³/mol. The molecule has 0 atom stereocenters. The Labute approximate surface area is 116 Å². The standard InChI is InChI=1S/C12H12F5NO3/c1-7-3-2-4-8(21-11(13)14)10(7)18-9(19)5-20-6-12(15,16)17/h2-4,11H,5-6H2,1H3,(H,18,19). The molecule has 0 fully saturated rings. The van der Waals surface area contributed by atoms with Gasteiger partial charge in [0.1, 0.15) is 19.0 Å². The quantitative estimate of drug-likeness (QED) is 0.821. The van der Waals surface area contributed by atoms with Crippen molar-refractivity contribution < 1.29 is 36.2 Å². The van der Waals surface area contributed by atoms with Crippen LogP contribution in [0.1, 0.15) is 5.56 Å². The van der Waals surface area contributed by atoms with Crippen molar-refractivity contribution in [3.05, 3.63) is 23.8 Å². The van der Waals surface area contributed by atoms with E-state index in [-0.39, 0.29) is 11.4 Å². The van der Waals surface area contributed by atoms with Crippen LogP contribution in [0.2, 0.25) is 0 Å². The molecule has 0 saturated carbocycles. The molecule has 0 saturated heterocycles. The number of halogens is 5. The Bertz CT molecular complexity index is 490. The molecule has 9 heteroatoms. The van der Waals surface area contributed by atoms with E-state index in [0.717, 1.165) is 0 Å². The molecule has 4 nitrogen and oxygen atoms in total. The first-order valence-electron chi connectivity index (χ1n) is 5.68. The van der Waals surface area contributed by atoms with E-state index in [1.807, 2.05) is 0 Å². The van der Waals surface area contributed by atoms with Crippen LogP contribution >= 0.6 is 0 Å². The number of benzene rings is 1. The fourth-order valence-electron chi connectivity index (χ4n) is 1.43. The van der Waals surface area contributed by atoms with Crippen molar-refractivity contribution in [2.45, 2.75) is 19.7 Å². The summed E-state index contributed by atoms with van der Waals surface area (Å²) >= 11 is 0. The maximum Gasteiger partial charge on any atom is 0.411 e. The number of carbonyl (C=O) groups excluding carboxylic acids is 1. The van der Waals surface area contributed by atoms with Gasteiger partial charge in [0, 0.05) is 0 Å². The van der Waals surface area contributed by atoms with Gasteiger partial charge in [-0.05, 0) is 18.6 Å². The molecule has 0 radical (unpaired) electrons. The number of aryl methyl sites for hydroxylation is 1. The summed E-state index contributed by atoms with van der Waals surface area (Å²) in [5, 5.41) is 2.18. The first-order valence-corrected chi connectivity index (χ1v) is 5.68. The highest BCUT2D eigenvalue weighted by Gasteiger charge is 2.27. The largest absolute Gasteiger partial charge is 0.433 e. The topological polar surface area (TPSA) is 47.6 Å². The first kappa shape index (κ1) is 17.2. The maximum absolute atomic E-state index is 12.2. The lowest BCUT2D eigenvalue weighted by atomic mass is 10.2. The predicted octanol–water partition coefficient (Wildman–Crippen LogP) is 3.11. The highest BCUT2D eigenvalue weighted by Crippen LogP contribution is 2.29. The van der Waals surface area contributed by atoms with Crippen LogP contribution in [-0.4, -0.2) is 31.9 Å². The van der Waals surface area contributed by atoms with Crippen LogP contribution in [0.15, 0.2) is 18.2 Å². The van der Waals surface area contributed by atoms with Crippen molar-refractivity contribution in [3.8, 4) is 5.75 Å². The average molecular weight is 313 g/mol. The van der Waals surface area contributed by atoms with Crippen molar-refractivity contribution >= 4 is 11.6 Å². The highest BCUT2D eigenvalue weighted by atomic mass is 19.4. The second kappa shape index (κ2) is 7.21. The second-order valence-corrected chi connectivity index (χ2v) is 3.98. The summed E-state index contributed by atoms with van der Waals surface area (Å²) < 4.78 is 68.4. The minimum Gasteiger partial charge on any atom is -0.433 e. The molecule has 0 spiro atoms. The number of hydrogen-bond acceptors (Lipinski definition) is 3. The van der Waals surface area contributed by atoms with Crippen LogP contribution < -0.4 is 10.1 Å². The Morgan fingerprint density at radius 1 is 1.33 bits per heavy atom. The third-order valence-electron chi connectivity index (χ3n) is 2.21. The fourth-order valence-corrected chi connectivity index (χ4v) is 1.43. The molecular weight excluding hydrogens is 301 g/mol. The van der Waals surface area contributed by atoms with Crippen molar-refractivity contribution in [3.63, 3.8) is 0 Å². The zero-order chi connectivity index (χ0) is 16.0. The second-order valence-electron chi connectivity index (χ2n) is 3.98. The van der Waals surface area contributed by atoms with Gasteiger partial charge in [0.05, 0.1) is 5.69 Å². The summed E-state index contributed by atoms with van der Waals surface area (Å²) in [5.74, 6) is -1.19. The molecule has 1 aromatic rings. The third-order valence-corrected chi connectivity index (χ3v) is 2.21. The van der Waals surface area contributed by atoms with Gasteiger partial charge in [-0.15, -0.1) is 0 Å². The molecule has 1 amide bonds. The van der Waals surface area contributed by atoms with E-state index in [2.05, 4.69) is 14.8 Å². The number of carbonyl (C=O) groups is 1. The summed E-state index contributed by atoms with van der Waals surface area (Å²) in [4.78, 5) is 11.4. The smallest absolute Gasteiger partial charge is 0.411 e. The van der Waals surface area contributed by atoms with Crippen LogP contribution in [0.4, 0.5) is 27.6 Å². The monoisotopic (exact) mass is 313 g/mol. The van der Waals surface area contributed by atoms with Gasteiger partial charge in [-0.25, -0.2) is 0 Å². The van der Waals surface area contributed by atoms with E-state index in [4.69, 9.17) is 0 Å². The molecule has 21 heavy (non-hydrogen) atoms. The zero-order valence-electron chi connectivity index (χ0n) is 10.8. The van der Waals surface area contributed by atoms with Crippen molar-refractivity contribution in [1.82, 2.24) is 0 Å². The van der Waals surface area contributed by atoms with Gasteiger partial charge in [-0.2, -0.15) is 22.0 Å². The first-order chi connectivity index (χ1) is 9.69. The number of nitrogens with one attached hydrogen (secondary N) is 1. The molecule has 0 aliphatic heterocycles. The van der Waals surface area contributed by atoms with Gasteiger partial charge < -0.3 is 14.8 Å². The molecule has 1 aromatic carbocycles. The van der Waals surface area contributed by atoms with E-state index in [1.54, 1.807) is 0 Å². The maximum atomic E-state index is 12.2. The van der Waals surface area contributed by atoms with Crippen molar-refractivity contribution in [1.29, 1.82) is 0 Å². The molecule has 0 aliphatic rings. The Morgan fingerprint density at radius 2 is 2.00 bits per heavy atom. The van der Waals surface area contributed by atoms with E-state index < -0.39 is 31.9 Å². The molecule has 0 aromatic heterocycles. The van der Waals surface area contributed by atoms with Gasteiger partial charge >= 0.3 is 12.8 Å². The van der Waals surface area contributed by atoms with Gasteiger partial charge in [0.2, 0.25) is 5.91 Å². The Hall–Kier alpha value is -1.90. The summed E-state index contributed by atoms with van der Waals surface area (Å²) in [6, 6.07) is 4.15. The van der Waals surface area contributed by atoms with Crippen LogP contribution in [-0.2, 0) is 9.53 Å². The van der Waals surface area contributed by atoms with Crippen LogP contribution in [0.5, 0.6) is 5.75 Å². The lowest BCUT2D eigenvalue weighted by Gasteiger charge is -2.14. The van der Waals surface area contributed by atoms with E-state index in [1.165, 1.54) is 25.1 Å². The molecule has 0 unspecified atom stereocenters. The summed E-state index contributed by atoms with van der Waals surface area (Å²) in [7, 11) is 0. The summed E-state index contributed by atoms with van der Waals surface area (Å²) in [6.07, 6.45) is -4.55. The SMILES string of the molecule is Cc1cccc(OC(F)F)c1NC(=O)COCC(F)(F)F. The van der Waals surface area contributed by atoms with E-state index in [0.29, 0.717) is 5.56 Å². The van der Waals surface area contributed by atoms with Gasteiger partial charge in [0.15, 0.2) is 0 Å². The molecule has 0 heterocycles. The number of ether oxygens (including phenoxy) is 2. The molecule has 118 valence electrons. The molecule has 0 aliphatic carbocycles. The molecule has 1 rings (SSSR count). The van der Waals surface area contributed by atoms with E-state index in [9.17, 15) is 26.7 Å². The normalized spacial score (nSPS) is 11.6. The lowest BCUT2D eigenvalue weighted by molar-refractivity contribution is -0.174. The fraction of sp³-hybridized carbons (Fsp3) is 0.417. The molecule has 0 bridgehead atoms. The van der Waals surface area contributed by atoms with Crippen LogP contribution in [0.25, 0.3) is 0 Å². The number of anilines is 1. The molecular formula is C12H12F5NO3. The number of alkyl halides is 5. The Balaban J connectivity index is 2.67. The number of rotatable bonds is 6. The van der Waals surface area contributed by atoms with Crippen LogP contribution in [0, 0.1) is 6.92 Å². The summed E-state index contributed by atoms with van der Waals surface area (Å²) in [5.41, 5.74) is 0.371. The summed E-state index contributed by atoms with van der Waals surface area (Å²) in [6.45, 7) is -4.01. The Morgan fingerprint density at radius 3 is 2.57 bits per heavy atom. The van der Waals surface area contributed by atoms with Crippen LogP contribution in [0.3, 0.4) is 0 Å². The average Bonchev–Trinajstić information content (AvgIpc) is 2.31. The number of hydrogen-bond donors (Lipinski definition) is 1.